The lowest BCUT2D eigenvalue weighted by molar-refractivity contribution is 0.0940. The number of nitrogens with one attached hydrogen (secondary N) is 2. The third kappa shape index (κ3) is 4.59. The van der Waals surface area contributed by atoms with Gasteiger partial charge in [-0.15, -0.1) is 0 Å². The molecule has 3 aromatic carbocycles. The maximum absolute atomic E-state index is 13.3. The van der Waals surface area contributed by atoms with E-state index in [9.17, 15) is 18.4 Å². The first kappa shape index (κ1) is 19.2. The van der Waals surface area contributed by atoms with Gasteiger partial charge in [-0.25, -0.2) is 8.78 Å². The average Bonchev–Trinajstić information content (AvgIpc) is 2.71. The SMILES string of the molecule is CC(NC(=O)c1cccc(C(=O)Nc2ccc(F)c(F)c2)c1)c1ccccc1. The summed E-state index contributed by atoms with van der Waals surface area (Å²) in [5.41, 5.74) is 1.63. The van der Waals surface area contributed by atoms with Crippen LogP contribution in [0.4, 0.5) is 14.5 Å². The molecule has 0 saturated heterocycles. The molecule has 0 radical (unpaired) electrons. The molecule has 0 saturated carbocycles. The van der Waals surface area contributed by atoms with Crippen molar-refractivity contribution < 1.29 is 18.4 Å². The Morgan fingerprint density at radius 2 is 1.46 bits per heavy atom. The molecule has 28 heavy (non-hydrogen) atoms. The summed E-state index contributed by atoms with van der Waals surface area (Å²) >= 11 is 0. The fourth-order valence-electron chi connectivity index (χ4n) is 2.68. The van der Waals surface area contributed by atoms with E-state index in [0.29, 0.717) is 5.56 Å². The molecule has 3 rings (SSSR count). The summed E-state index contributed by atoms with van der Waals surface area (Å²) in [7, 11) is 0. The molecule has 6 heteroatoms. The summed E-state index contributed by atoms with van der Waals surface area (Å²) in [5, 5.41) is 5.36. The van der Waals surface area contributed by atoms with Gasteiger partial charge >= 0.3 is 0 Å². The van der Waals surface area contributed by atoms with Crippen LogP contribution >= 0.6 is 0 Å². The van der Waals surface area contributed by atoms with Gasteiger partial charge in [0.2, 0.25) is 0 Å². The van der Waals surface area contributed by atoms with Gasteiger partial charge in [-0.3, -0.25) is 9.59 Å². The predicted molar refractivity (Wildman–Crippen MR) is 103 cm³/mol. The fourth-order valence-corrected chi connectivity index (χ4v) is 2.68. The first-order chi connectivity index (χ1) is 13.4. The standard InChI is InChI=1S/C22H18F2N2O2/c1-14(15-6-3-2-4-7-15)25-21(27)16-8-5-9-17(12-16)22(28)26-18-10-11-19(23)20(24)13-18/h2-14H,1H3,(H,25,27)(H,26,28). The second-order valence-corrected chi connectivity index (χ2v) is 6.27. The van der Waals surface area contributed by atoms with E-state index in [1.807, 2.05) is 37.3 Å². The Morgan fingerprint density at radius 1 is 0.786 bits per heavy atom. The number of hydrogen-bond acceptors (Lipinski definition) is 2. The maximum atomic E-state index is 13.3. The number of carbonyl (C=O) groups is 2. The Bertz CT molecular complexity index is 1010. The van der Waals surface area contributed by atoms with E-state index < -0.39 is 17.5 Å². The summed E-state index contributed by atoms with van der Waals surface area (Å²) in [6.07, 6.45) is 0. The summed E-state index contributed by atoms with van der Waals surface area (Å²) in [6, 6.07) is 18.6. The molecule has 0 aliphatic carbocycles. The quantitative estimate of drug-likeness (QED) is 0.674. The first-order valence-electron chi connectivity index (χ1n) is 8.66. The van der Waals surface area contributed by atoms with Gasteiger partial charge in [0.25, 0.3) is 11.8 Å². The molecule has 0 aliphatic rings. The van der Waals surface area contributed by atoms with Crippen LogP contribution in [0.3, 0.4) is 0 Å². The minimum atomic E-state index is -1.05. The van der Waals surface area contributed by atoms with Crippen LogP contribution in [0.1, 0.15) is 39.2 Å². The largest absolute Gasteiger partial charge is 0.346 e. The average molecular weight is 380 g/mol. The molecule has 0 aliphatic heterocycles. The smallest absolute Gasteiger partial charge is 0.255 e. The molecule has 142 valence electrons. The number of hydrogen-bond donors (Lipinski definition) is 2. The van der Waals surface area contributed by atoms with E-state index >= 15 is 0 Å². The zero-order chi connectivity index (χ0) is 20.1. The molecule has 3 aromatic rings. The summed E-state index contributed by atoms with van der Waals surface area (Å²) < 4.78 is 26.3. The topological polar surface area (TPSA) is 58.2 Å². The van der Waals surface area contributed by atoms with Crippen molar-refractivity contribution >= 4 is 17.5 Å². The van der Waals surface area contributed by atoms with E-state index in [4.69, 9.17) is 0 Å². The van der Waals surface area contributed by atoms with Crippen LogP contribution in [0.25, 0.3) is 0 Å². The molecule has 0 heterocycles. The van der Waals surface area contributed by atoms with Gasteiger partial charge in [0.1, 0.15) is 0 Å². The van der Waals surface area contributed by atoms with Crippen LogP contribution in [-0.2, 0) is 0 Å². The van der Waals surface area contributed by atoms with E-state index in [2.05, 4.69) is 10.6 Å². The number of benzene rings is 3. The number of anilines is 1. The van der Waals surface area contributed by atoms with Crippen LogP contribution in [-0.4, -0.2) is 11.8 Å². The predicted octanol–water partition coefficient (Wildman–Crippen LogP) is 4.71. The fraction of sp³-hybridized carbons (Fsp3) is 0.0909. The zero-order valence-corrected chi connectivity index (χ0v) is 15.1. The molecule has 1 atom stereocenters. The Kier molecular flexibility index (Phi) is 5.79. The van der Waals surface area contributed by atoms with Gasteiger partial charge in [-0.05, 0) is 42.8 Å². The van der Waals surface area contributed by atoms with Crippen molar-refractivity contribution in [2.45, 2.75) is 13.0 Å². The molecule has 4 nitrogen and oxygen atoms in total. The van der Waals surface area contributed by atoms with Crippen molar-refractivity contribution in [1.29, 1.82) is 0 Å². The second-order valence-electron chi connectivity index (χ2n) is 6.27. The van der Waals surface area contributed by atoms with Crippen molar-refractivity contribution in [1.82, 2.24) is 5.32 Å². The zero-order valence-electron chi connectivity index (χ0n) is 15.1. The highest BCUT2D eigenvalue weighted by molar-refractivity contribution is 6.06. The maximum Gasteiger partial charge on any atom is 0.255 e. The van der Waals surface area contributed by atoms with Gasteiger partial charge in [-0.1, -0.05) is 36.4 Å². The Hall–Kier alpha value is -3.54. The third-order valence-corrected chi connectivity index (χ3v) is 4.21. The van der Waals surface area contributed by atoms with Crippen molar-refractivity contribution in [3.63, 3.8) is 0 Å². The molecule has 0 spiro atoms. The number of carbonyl (C=O) groups excluding carboxylic acids is 2. The monoisotopic (exact) mass is 380 g/mol. The van der Waals surface area contributed by atoms with E-state index in [1.165, 1.54) is 18.2 Å². The molecule has 2 amide bonds. The van der Waals surface area contributed by atoms with Crippen LogP contribution in [0, 0.1) is 11.6 Å². The first-order valence-corrected chi connectivity index (χ1v) is 8.66. The van der Waals surface area contributed by atoms with Crippen LogP contribution in [0.5, 0.6) is 0 Å². The van der Waals surface area contributed by atoms with Gasteiger partial charge in [0.15, 0.2) is 11.6 Å². The normalized spacial score (nSPS) is 11.5. The van der Waals surface area contributed by atoms with Crippen molar-refractivity contribution in [3.8, 4) is 0 Å². The molecule has 1 unspecified atom stereocenters. The van der Waals surface area contributed by atoms with E-state index in [1.54, 1.807) is 12.1 Å². The number of halogens is 2. The molecular formula is C22H18F2N2O2. The van der Waals surface area contributed by atoms with Crippen LogP contribution < -0.4 is 10.6 Å². The highest BCUT2D eigenvalue weighted by Crippen LogP contribution is 2.16. The minimum absolute atomic E-state index is 0.122. The highest BCUT2D eigenvalue weighted by Gasteiger charge is 2.14. The number of rotatable bonds is 5. The van der Waals surface area contributed by atoms with Crippen molar-refractivity contribution in [2.75, 3.05) is 5.32 Å². The lowest BCUT2D eigenvalue weighted by Crippen LogP contribution is -2.27. The minimum Gasteiger partial charge on any atom is -0.346 e. The molecule has 0 bridgehead atoms. The summed E-state index contributed by atoms with van der Waals surface area (Å²) in [4.78, 5) is 24.9. The van der Waals surface area contributed by atoms with Gasteiger partial charge < -0.3 is 10.6 Å². The van der Waals surface area contributed by atoms with Crippen molar-refractivity contribution in [3.05, 3.63) is 101 Å². The lowest BCUT2D eigenvalue weighted by Gasteiger charge is -2.14. The second kappa shape index (κ2) is 8.43. The molecule has 0 aromatic heterocycles. The van der Waals surface area contributed by atoms with E-state index in [-0.39, 0.29) is 23.2 Å². The van der Waals surface area contributed by atoms with Crippen LogP contribution in [0.2, 0.25) is 0 Å². The Morgan fingerprint density at radius 3 is 2.14 bits per heavy atom. The molecule has 0 fully saturated rings. The lowest BCUT2D eigenvalue weighted by atomic mass is 10.1. The van der Waals surface area contributed by atoms with E-state index in [0.717, 1.165) is 17.7 Å². The Balaban J connectivity index is 1.71. The van der Waals surface area contributed by atoms with Gasteiger partial charge in [0.05, 0.1) is 6.04 Å². The van der Waals surface area contributed by atoms with Crippen LogP contribution in [0.15, 0.2) is 72.8 Å². The molecule has 2 N–H and O–H groups in total. The Labute approximate surface area is 161 Å². The van der Waals surface area contributed by atoms with Gasteiger partial charge in [-0.2, -0.15) is 0 Å². The molecular weight excluding hydrogens is 362 g/mol. The summed E-state index contributed by atoms with van der Waals surface area (Å²) in [6.45, 7) is 1.87. The van der Waals surface area contributed by atoms with Gasteiger partial charge in [0, 0.05) is 22.9 Å². The summed E-state index contributed by atoms with van der Waals surface area (Å²) in [5.74, 6) is -2.90. The third-order valence-electron chi connectivity index (χ3n) is 4.21. The highest BCUT2D eigenvalue weighted by atomic mass is 19.2. The number of amides is 2. The van der Waals surface area contributed by atoms with Crippen molar-refractivity contribution in [2.24, 2.45) is 0 Å².